The number of benzene rings is 1. The van der Waals surface area contributed by atoms with Crippen molar-refractivity contribution >= 4 is 17.3 Å². The molecule has 1 atom stereocenters. The van der Waals surface area contributed by atoms with Crippen LogP contribution >= 0.6 is 0 Å². The van der Waals surface area contributed by atoms with Crippen molar-refractivity contribution in [2.45, 2.75) is 25.9 Å². The number of aromatic nitrogens is 2. The molecule has 0 amide bonds. The molecule has 1 fully saturated rings. The molecule has 1 aromatic carbocycles. The van der Waals surface area contributed by atoms with Gasteiger partial charge in [-0.15, -0.1) is 0 Å². The maximum Gasteiger partial charge on any atom is 0.203 e. The van der Waals surface area contributed by atoms with E-state index < -0.39 is 0 Å². The van der Waals surface area contributed by atoms with Gasteiger partial charge in [0.25, 0.3) is 0 Å². The Hall–Kier alpha value is -2.74. The lowest BCUT2D eigenvalue weighted by atomic mass is 10.2. The van der Waals surface area contributed by atoms with E-state index in [1.54, 1.807) is 21.3 Å². The third-order valence-electron chi connectivity index (χ3n) is 4.31. The number of aryl methyl sites for hydroxylation is 1. The minimum Gasteiger partial charge on any atom is -0.493 e. The molecule has 8 nitrogen and oxygen atoms in total. The van der Waals surface area contributed by atoms with Crippen LogP contribution < -0.4 is 24.8 Å². The van der Waals surface area contributed by atoms with Gasteiger partial charge < -0.3 is 29.6 Å². The molecule has 2 heterocycles. The summed E-state index contributed by atoms with van der Waals surface area (Å²) >= 11 is 0. The summed E-state index contributed by atoms with van der Waals surface area (Å²) in [6.07, 6.45) is 2.43. The van der Waals surface area contributed by atoms with Crippen LogP contribution in [0.2, 0.25) is 0 Å². The Morgan fingerprint density at radius 2 is 1.74 bits per heavy atom. The van der Waals surface area contributed by atoms with Crippen molar-refractivity contribution in [3.05, 3.63) is 24.0 Å². The first kappa shape index (κ1) is 19.0. The fourth-order valence-electron chi connectivity index (χ4n) is 3.05. The Morgan fingerprint density at radius 3 is 2.33 bits per heavy atom. The molecule has 8 heteroatoms. The monoisotopic (exact) mass is 374 g/mol. The molecule has 0 radical (unpaired) electrons. The van der Waals surface area contributed by atoms with Crippen LogP contribution in [0, 0.1) is 6.92 Å². The third-order valence-corrected chi connectivity index (χ3v) is 4.31. The van der Waals surface area contributed by atoms with Crippen molar-refractivity contribution in [3.63, 3.8) is 0 Å². The standard InChI is InChI=1S/C19H26N4O4/c1-12-21-17(20-11-14-6-5-7-27-14)10-18(22-12)23-13-8-15(24-2)19(26-4)16(9-13)25-3/h8-10,14H,5-7,11H2,1-4H3,(H2,20,21,22,23). The Bertz CT molecular complexity index is 753. The van der Waals surface area contributed by atoms with Crippen LogP contribution in [-0.2, 0) is 4.74 Å². The molecule has 1 aromatic heterocycles. The summed E-state index contributed by atoms with van der Waals surface area (Å²) in [5.41, 5.74) is 0.771. The van der Waals surface area contributed by atoms with E-state index in [-0.39, 0.29) is 6.10 Å². The molecule has 0 bridgehead atoms. The fourth-order valence-corrected chi connectivity index (χ4v) is 3.05. The summed E-state index contributed by atoms with van der Waals surface area (Å²) < 4.78 is 21.8. The Balaban J connectivity index is 1.78. The van der Waals surface area contributed by atoms with Crippen molar-refractivity contribution in [2.75, 3.05) is 45.1 Å². The maximum absolute atomic E-state index is 5.64. The van der Waals surface area contributed by atoms with E-state index in [2.05, 4.69) is 20.6 Å². The molecule has 27 heavy (non-hydrogen) atoms. The van der Waals surface area contributed by atoms with Gasteiger partial charge in [0.05, 0.1) is 27.4 Å². The molecule has 2 aromatic rings. The first-order chi connectivity index (χ1) is 13.1. The van der Waals surface area contributed by atoms with Crippen molar-refractivity contribution in [3.8, 4) is 17.2 Å². The number of hydrogen-bond donors (Lipinski definition) is 2. The van der Waals surface area contributed by atoms with Crippen LogP contribution in [0.25, 0.3) is 0 Å². The first-order valence-electron chi connectivity index (χ1n) is 8.91. The van der Waals surface area contributed by atoms with Crippen molar-refractivity contribution < 1.29 is 18.9 Å². The highest BCUT2D eigenvalue weighted by molar-refractivity contribution is 5.67. The van der Waals surface area contributed by atoms with Gasteiger partial charge in [0.15, 0.2) is 11.5 Å². The number of rotatable bonds is 8. The highest BCUT2D eigenvalue weighted by Gasteiger charge is 2.16. The lowest BCUT2D eigenvalue weighted by molar-refractivity contribution is 0.120. The van der Waals surface area contributed by atoms with Gasteiger partial charge in [-0.3, -0.25) is 0 Å². The van der Waals surface area contributed by atoms with E-state index in [0.717, 1.165) is 37.5 Å². The van der Waals surface area contributed by atoms with Crippen LogP contribution in [0.4, 0.5) is 17.3 Å². The fraction of sp³-hybridized carbons (Fsp3) is 0.474. The first-order valence-corrected chi connectivity index (χ1v) is 8.91. The minimum atomic E-state index is 0.242. The van der Waals surface area contributed by atoms with E-state index in [9.17, 15) is 0 Å². The van der Waals surface area contributed by atoms with Gasteiger partial charge >= 0.3 is 0 Å². The number of ether oxygens (including phenoxy) is 4. The van der Waals surface area contributed by atoms with Crippen LogP contribution in [0.1, 0.15) is 18.7 Å². The van der Waals surface area contributed by atoms with E-state index in [4.69, 9.17) is 18.9 Å². The molecular formula is C19H26N4O4. The molecule has 3 rings (SSSR count). The predicted octanol–water partition coefficient (Wildman–Crippen LogP) is 3.15. The van der Waals surface area contributed by atoms with Crippen molar-refractivity contribution in [1.82, 2.24) is 9.97 Å². The van der Waals surface area contributed by atoms with Gasteiger partial charge in [0.2, 0.25) is 5.75 Å². The molecule has 0 spiro atoms. The van der Waals surface area contributed by atoms with Gasteiger partial charge in [0.1, 0.15) is 17.5 Å². The predicted molar refractivity (Wildman–Crippen MR) is 104 cm³/mol. The summed E-state index contributed by atoms with van der Waals surface area (Å²) in [6.45, 7) is 3.43. The SMILES string of the molecule is COc1cc(Nc2cc(NCC3CCCO3)nc(C)n2)cc(OC)c1OC. The van der Waals surface area contributed by atoms with Gasteiger partial charge in [-0.25, -0.2) is 9.97 Å². The van der Waals surface area contributed by atoms with Crippen LogP contribution in [0.15, 0.2) is 18.2 Å². The Labute approximate surface area is 159 Å². The molecule has 1 saturated heterocycles. The minimum absolute atomic E-state index is 0.242. The zero-order chi connectivity index (χ0) is 19.2. The topological polar surface area (TPSA) is 86.8 Å². The number of methoxy groups -OCH3 is 3. The molecule has 0 aliphatic carbocycles. The molecule has 0 saturated carbocycles. The number of anilines is 3. The average molecular weight is 374 g/mol. The van der Waals surface area contributed by atoms with Gasteiger partial charge in [0, 0.05) is 37.0 Å². The van der Waals surface area contributed by atoms with Gasteiger partial charge in [-0.05, 0) is 19.8 Å². The number of nitrogens with one attached hydrogen (secondary N) is 2. The second-order valence-electron chi connectivity index (χ2n) is 6.24. The lowest BCUT2D eigenvalue weighted by Gasteiger charge is -2.16. The van der Waals surface area contributed by atoms with Crippen LogP contribution in [0.3, 0.4) is 0 Å². The maximum atomic E-state index is 5.64. The van der Waals surface area contributed by atoms with E-state index in [1.807, 2.05) is 25.1 Å². The molecule has 1 aliphatic heterocycles. The molecular weight excluding hydrogens is 348 g/mol. The normalized spacial score (nSPS) is 16.1. The zero-order valence-electron chi connectivity index (χ0n) is 16.2. The summed E-state index contributed by atoms with van der Waals surface area (Å²) in [4.78, 5) is 8.90. The molecule has 2 N–H and O–H groups in total. The van der Waals surface area contributed by atoms with Gasteiger partial charge in [-0.1, -0.05) is 0 Å². The van der Waals surface area contributed by atoms with Crippen molar-refractivity contribution in [1.29, 1.82) is 0 Å². The smallest absolute Gasteiger partial charge is 0.203 e. The highest BCUT2D eigenvalue weighted by Crippen LogP contribution is 2.40. The average Bonchev–Trinajstić information content (AvgIpc) is 3.18. The van der Waals surface area contributed by atoms with Crippen molar-refractivity contribution in [2.24, 2.45) is 0 Å². The zero-order valence-corrected chi connectivity index (χ0v) is 16.2. The lowest BCUT2D eigenvalue weighted by Crippen LogP contribution is -2.19. The van der Waals surface area contributed by atoms with E-state index >= 15 is 0 Å². The quantitative estimate of drug-likeness (QED) is 0.729. The highest BCUT2D eigenvalue weighted by atomic mass is 16.5. The number of hydrogen-bond acceptors (Lipinski definition) is 8. The Morgan fingerprint density at radius 1 is 1.04 bits per heavy atom. The summed E-state index contributed by atoms with van der Waals surface area (Å²) in [7, 11) is 4.75. The summed E-state index contributed by atoms with van der Waals surface area (Å²) in [5, 5.41) is 6.61. The van der Waals surface area contributed by atoms with E-state index in [0.29, 0.717) is 28.9 Å². The Kier molecular flexibility index (Phi) is 6.18. The largest absolute Gasteiger partial charge is 0.493 e. The van der Waals surface area contributed by atoms with E-state index in [1.165, 1.54) is 0 Å². The van der Waals surface area contributed by atoms with Crippen LogP contribution in [0.5, 0.6) is 17.2 Å². The molecule has 1 aliphatic rings. The molecule has 1 unspecified atom stereocenters. The van der Waals surface area contributed by atoms with Gasteiger partial charge in [-0.2, -0.15) is 0 Å². The second kappa shape index (κ2) is 8.77. The van der Waals surface area contributed by atoms with Crippen LogP contribution in [-0.4, -0.2) is 50.6 Å². The number of nitrogens with zero attached hydrogens (tertiary/aromatic N) is 2. The summed E-state index contributed by atoms with van der Waals surface area (Å²) in [6, 6.07) is 5.53. The summed E-state index contributed by atoms with van der Waals surface area (Å²) in [5.74, 6) is 3.79. The molecule has 146 valence electrons. The third kappa shape index (κ3) is 4.71. The second-order valence-corrected chi connectivity index (χ2v) is 6.24.